The lowest BCUT2D eigenvalue weighted by molar-refractivity contribution is -0.117. The maximum absolute atomic E-state index is 12.5. The normalized spacial score (nSPS) is 14.4. The molecule has 9 nitrogen and oxygen atoms in total. The van der Waals surface area contributed by atoms with Gasteiger partial charge in [-0.2, -0.15) is 10.2 Å². The first-order chi connectivity index (χ1) is 13.6. The van der Waals surface area contributed by atoms with E-state index in [1.165, 1.54) is 19.2 Å². The van der Waals surface area contributed by atoms with E-state index in [2.05, 4.69) is 25.5 Å². The van der Waals surface area contributed by atoms with Crippen LogP contribution in [-0.4, -0.2) is 42.5 Å². The van der Waals surface area contributed by atoms with Crippen LogP contribution in [0.15, 0.2) is 30.9 Å². The molecule has 3 heterocycles. The van der Waals surface area contributed by atoms with Gasteiger partial charge in [0.2, 0.25) is 11.8 Å². The number of aromatic nitrogens is 6. The van der Waals surface area contributed by atoms with Crippen LogP contribution in [0, 0.1) is 6.92 Å². The first kappa shape index (κ1) is 18.1. The predicted octanol–water partition coefficient (Wildman–Crippen LogP) is 2.61. The highest BCUT2D eigenvalue weighted by molar-refractivity contribution is 5.89. The number of amides is 1. The van der Waals surface area contributed by atoms with Gasteiger partial charge in [-0.25, -0.2) is 14.6 Å². The van der Waals surface area contributed by atoms with Crippen molar-refractivity contribution in [1.29, 1.82) is 0 Å². The first-order valence-corrected chi connectivity index (χ1v) is 9.37. The van der Waals surface area contributed by atoms with Gasteiger partial charge in [-0.3, -0.25) is 9.48 Å². The summed E-state index contributed by atoms with van der Waals surface area (Å²) in [5.41, 5.74) is 2.38. The fourth-order valence-electron chi connectivity index (χ4n) is 3.56. The van der Waals surface area contributed by atoms with Crippen LogP contribution in [0.25, 0.3) is 11.3 Å². The van der Waals surface area contributed by atoms with Crippen molar-refractivity contribution in [3.05, 3.63) is 36.5 Å². The van der Waals surface area contributed by atoms with Gasteiger partial charge in [0.05, 0.1) is 30.7 Å². The second kappa shape index (κ2) is 7.79. The van der Waals surface area contributed by atoms with Crippen molar-refractivity contribution < 1.29 is 9.53 Å². The van der Waals surface area contributed by atoms with Crippen LogP contribution >= 0.6 is 0 Å². The largest absolute Gasteiger partial charge is 0.481 e. The number of hydrogen-bond acceptors (Lipinski definition) is 6. The molecule has 0 radical (unpaired) electrons. The van der Waals surface area contributed by atoms with Gasteiger partial charge >= 0.3 is 0 Å². The average molecular weight is 381 g/mol. The van der Waals surface area contributed by atoms with E-state index in [0.717, 1.165) is 29.9 Å². The number of aryl methyl sites for hydroxylation is 1. The van der Waals surface area contributed by atoms with Crippen molar-refractivity contribution >= 4 is 11.7 Å². The summed E-state index contributed by atoms with van der Waals surface area (Å²) in [4.78, 5) is 20.8. The zero-order valence-corrected chi connectivity index (χ0v) is 16.0. The maximum atomic E-state index is 12.5. The molecule has 0 aromatic carbocycles. The van der Waals surface area contributed by atoms with Gasteiger partial charge < -0.3 is 10.1 Å². The Labute approximate surface area is 162 Å². The molecule has 0 unspecified atom stereocenters. The van der Waals surface area contributed by atoms with E-state index in [9.17, 15) is 4.79 Å². The summed E-state index contributed by atoms with van der Waals surface area (Å²) < 4.78 is 8.66. The Balaban J connectivity index is 1.44. The maximum Gasteiger partial charge on any atom is 0.247 e. The summed E-state index contributed by atoms with van der Waals surface area (Å²) >= 11 is 0. The van der Waals surface area contributed by atoms with Gasteiger partial charge in [0.15, 0.2) is 0 Å². The van der Waals surface area contributed by atoms with Crippen LogP contribution in [-0.2, 0) is 11.3 Å². The zero-order chi connectivity index (χ0) is 19.5. The number of hydrogen-bond donors (Lipinski definition) is 1. The highest BCUT2D eigenvalue weighted by Gasteiger charge is 2.21. The molecule has 0 bridgehead atoms. The summed E-state index contributed by atoms with van der Waals surface area (Å²) in [6.07, 6.45) is 9.51. The van der Waals surface area contributed by atoms with Crippen molar-refractivity contribution in [1.82, 2.24) is 29.5 Å². The average Bonchev–Trinajstić information content (AvgIpc) is 3.43. The molecule has 9 heteroatoms. The number of ether oxygens (including phenoxy) is 1. The minimum atomic E-state index is -0.144. The van der Waals surface area contributed by atoms with Crippen molar-refractivity contribution in [2.45, 2.75) is 45.2 Å². The van der Waals surface area contributed by atoms with Crippen molar-refractivity contribution in [3.63, 3.8) is 0 Å². The fraction of sp³-hybridized carbons (Fsp3) is 0.421. The Morgan fingerprint density at radius 1 is 1.29 bits per heavy atom. The summed E-state index contributed by atoms with van der Waals surface area (Å²) in [5.74, 6) is 1.09. The first-order valence-electron chi connectivity index (χ1n) is 9.37. The molecule has 3 aromatic heterocycles. The second-order valence-corrected chi connectivity index (χ2v) is 6.97. The molecule has 3 aromatic rings. The van der Waals surface area contributed by atoms with E-state index in [1.54, 1.807) is 30.3 Å². The van der Waals surface area contributed by atoms with Crippen LogP contribution in [0.3, 0.4) is 0 Å². The molecule has 4 rings (SSSR count). The Morgan fingerprint density at radius 3 is 2.89 bits per heavy atom. The van der Waals surface area contributed by atoms with Gasteiger partial charge in [0.25, 0.3) is 0 Å². The Hall–Kier alpha value is -3.23. The third kappa shape index (κ3) is 3.88. The van der Waals surface area contributed by atoms with E-state index < -0.39 is 0 Å². The molecule has 1 fully saturated rings. The molecule has 0 saturated heterocycles. The molecule has 0 aliphatic heterocycles. The minimum Gasteiger partial charge on any atom is -0.481 e. The lowest BCUT2D eigenvalue weighted by atomic mass is 10.2. The van der Waals surface area contributed by atoms with E-state index in [4.69, 9.17) is 4.74 Å². The monoisotopic (exact) mass is 381 g/mol. The molecule has 0 spiro atoms. The fourth-order valence-corrected chi connectivity index (χ4v) is 3.56. The highest BCUT2D eigenvalue weighted by Crippen LogP contribution is 2.31. The lowest BCUT2D eigenvalue weighted by Gasteiger charge is -2.14. The molecular weight excluding hydrogens is 358 g/mol. The number of methoxy groups -OCH3 is 1. The van der Waals surface area contributed by atoms with Crippen molar-refractivity contribution in [2.24, 2.45) is 0 Å². The highest BCUT2D eigenvalue weighted by atomic mass is 16.5. The number of nitrogens with zero attached hydrogens (tertiary/aromatic N) is 6. The molecule has 146 valence electrons. The molecular formula is C19H23N7O2. The van der Waals surface area contributed by atoms with E-state index in [-0.39, 0.29) is 12.5 Å². The van der Waals surface area contributed by atoms with E-state index in [1.807, 2.05) is 17.7 Å². The predicted molar refractivity (Wildman–Crippen MR) is 103 cm³/mol. The topological polar surface area (TPSA) is 99.8 Å². The Kier molecular flexibility index (Phi) is 5.05. The quantitative estimate of drug-likeness (QED) is 0.704. The molecule has 1 N–H and O–H groups in total. The third-order valence-electron chi connectivity index (χ3n) is 4.88. The second-order valence-electron chi connectivity index (χ2n) is 6.97. The lowest BCUT2D eigenvalue weighted by Crippen LogP contribution is -2.22. The Morgan fingerprint density at radius 2 is 2.11 bits per heavy atom. The van der Waals surface area contributed by atoms with Gasteiger partial charge in [0.1, 0.15) is 18.7 Å². The van der Waals surface area contributed by atoms with Gasteiger partial charge in [-0.1, -0.05) is 12.8 Å². The summed E-state index contributed by atoms with van der Waals surface area (Å²) in [7, 11) is 1.55. The van der Waals surface area contributed by atoms with Gasteiger partial charge in [-0.05, 0) is 19.8 Å². The molecule has 1 saturated carbocycles. The third-order valence-corrected chi connectivity index (χ3v) is 4.88. The summed E-state index contributed by atoms with van der Waals surface area (Å²) in [6, 6.07) is 4.01. The van der Waals surface area contributed by atoms with Gasteiger partial charge in [0, 0.05) is 23.9 Å². The van der Waals surface area contributed by atoms with Crippen LogP contribution in [0.1, 0.15) is 37.4 Å². The van der Waals surface area contributed by atoms with E-state index >= 15 is 0 Å². The SMILES string of the molecule is COc1cc(-c2cnn(CC(=O)Nc3cc(C)nn3C3CCCC3)c2)ncn1. The van der Waals surface area contributed by atoms with Crippen molar-refractivity contribution in [3.8, 4) is 17.1 Å². The van der Waals surface area contributed by atoms with Crippen molar-refractivity contribution in [2.75, 3.05) is 12.4 Å². The standard InChI is InChI=1S/C19H23N7O2/c1-13-7-17(26(24-13)15-5-3-4-6-15)23-18(27)11-25-10-14(9-22-25)16-8-19(28-2)21-12-20-16/h7-10,12,15H,3-6,11H2,1-2H3,(H,23,27). The Bertz CT molecular complexity index is 972. The number of carbonyl (C=O) groups excluding carboxylic acids is 1. The zero-order valence-electron chi connectivity index (χ0n) is 16.0. The van der Waals surface area contributed by atoms with Gasteiger partial charge in [-0.15, -0.1) is 0 Å². The number of anilines is 1. The van der Waals surface area contributed by atoms with Crippen LogP contribution in [0.4, 0.5) is 5.82 Å². The van der Waals surface area contributed by atoms with Crippen LogP contribution < -0.4 is 10.1 Å². The molecule has 1 amide bonds. The number of carbonyl (C=O) groups is 1. The molecule has 28 heavy (non-hydrogen) atoms. The minimum absolute atomic E-state index is 0.108. The molecule has 1 aliphatic rings. The number of rotatable bonds is 6. The molecule has 1 aliphatic carbocycles. The van der Waals surface area contributed by atoms with Crippen LogP contribution in [0.2, 0.25) is 0 Å². The number of nitrogens with one attached hydrogen (secondary N) is 1. The van der Waals surface area contributed by atoms with E-state index in [0.29, 0.717) is 17.6 Å². The molecule has 0 atom stereocenters. The smallest absolute Gasteiger partial charge is 0.247 e. The van der Waals surface area contributed by atoms with Crippen LogP contribution in [0.5, 0.6) is 5.88 Å². The summed E-state index contributed by atoms with van der Waals surface area (Å²) in [6.45, 7) is 2.05. The summed E-state index contributed by atoms with van der Waals surface area (Å²) in [5, 5.41) is 11.8.